The molecule has 0 aromatic heterocycles. The van der Waals surface area contributed by atoms with Gasteiger partial charge in [-0.1, -0.05) is 53.4 Å². The molecule has 2 heteroatoms. The summed E-state index contributed by atoms with van der Waals surface area (Å²) in [6.45, 7) is 0. The van der Waals surface area contributed by atoms with E-state index in [-0.39, 0.29) is 0 Å². The molecular weight excluding hydrogens is 288 g/mol. The van der Waals surface area contributed by atoms with Gasteiger partial charge >= 0.3 is 0 Å². The van der Waals surface area contributed by atoms with Gasteiger partial charge in [0.25, 0.3) is 0 Å². The van der Waals surface area contributed by atoms with E-state index in [1.807, 2.05) is 0 Å². The molecule has 1 aliphatic carbocycles. The highest BCUT2D eigenvalue weighted by atomic mass is 79.9. The van der Waals surface area contributed by atoms with Crippen molar-refractivity contribution in [1.29, 1.82) is 0 Å². The quantitative estimate of drug-likeness (QED) is 0.567. The summed E-state index contributed by atoms with van der Waals surface area (Å²) in [6.07, 6.45) is 9.62. The Kier molecular flexibility index (Phi) is 3.93. The molecule has 0 radical (unpaired) electrons. The summed E-state index contributed by atoms with van der Waals surface area (Å²) in [5, 5.41) is 0. The number of para-hydroxylation sites is 1. The van der Waals surface area contributed by atoms with Crippen molar-refractivity contribution < 1.29 is 4.74 Å². The van der Waals surface area contributed by atoms with Crippen LogP contribution in [0, 0.1) is 5.92 Å². The number of fused-ring (bicyclic) bond motifs is 1. The summed E-state index contributed by atoms with van der Waals surface area (Å²) in [6, 6.07) is 8.49. The second kappa shape index (κ2) is 5.64. The van der Waals surface area contributed by atoms with Crippen molar-refractivity contribution in [2.45, 2.75) is 55.9 Å². The monoisotopic (exact) mass is 308 g/mol. The maximum absolute atomic E-state index is 6.08. The van der Waals surface area contributed by atoms with Crippen molar-refractivity contribution in [1.82, 2.24) is 0 Å². The van der Waals surface area contributed by atoms with Gasteiger partial charge in [-0.15, -0.1) is 0 Å². The third-order valence-electron chi connectivity index (χ3n) is 4.35. The molecule has 3 atom stereocenters. The van der Waals surface area contributed by atoms with Crippen molar-refractivity contribution in [2.75, 3.05) is 0 Å². The molecule has 18 heavy (non-hydrogen) atoms. The van der Waals surface area contributed by atoms with Gasteiger partial charge in [0.05, 0.1) is 0 Å². The summed E-state index contributed by atoms with van der Waals surface area (Å²) in [5.41, 5.74) is 1.39. The lowest BCUT2D eigenvalue weighted by atomic mass is 9.92. The number of hydrogen-bond donors (Lipinski definition) is 0. The van der Waals surface area contributed by atoms with Crippen molar-refractivity contribution >= 4 is 15.9 Å². The minimum absolute atomic E-state index is 0.408. The van der Waals surface area contributed by atoms with Gasteiger partial charge in [-0.2, -0.15) is 0 Å². The van der Waals surface area contributed by atoms with E-state index in [1.54, 1.807) is 0 Å². The van der Waals surface area contributed by atoms with E-state index in [2.05, 4.69) is 40.2 Å². The Morgan fingerprint density at radius 2 is 1.94 bits per heavy atom. The third kappa shape index (κ3) is 2.74. The minimum Gasteiger partial charge on any atom is -0.490 e. The Labute approximate surface area is 118 Å². The first-order valence-corrected chi connectivity index (χ1v) is 8.13. The van der Waals surface area contributed by atoms with Gasteiger partial charge in [-0.05, 0) is 36.8 Å². The lowest BCUT2D eigenvalue weighted by Crippen LogP contribution is -2.23. The van der Waals surface area contributed by atoms with Crippen molar-refractivity contribution in [3.8, 4) is 5.75 Å². The predicted molar refractivity (Wildman–Crippen MR) is 78.5 cm³/mol. The topological polar surface area (TPSA) is 9.23 Å². The van der Waals surface area contributed by atoms with E-state index >= 15 is 0 Å². The van der Waals surface area contributed by atoms with Crippen LogP contribution in [0.15, 0.2) is 24.3 Å². The summed E-state index contributed by atoms with van der Waals surface area (Å²) in [7, 11) is 0. The molecule has 1 aromatic rings. The largest absolute Gasteiger partial charge is 0.490 e. The number of ether oxygens (including phenoxy) is 1. The Balaban J connectivity index is 1.61. The van der Waals surface area contributed by atoms with Crippen LogP contribution in [-0.4, -0.2) is 10.9 Å². The molecule has 98 valence electrons. The lowest BCUT2D eigenvalue weighted by Gasteiger charge is -2.23. The minimum atomic E-state index is 0.408. The van der Waals surface area contributed by atoms with Crippen LogP contribution in [0.4, 0.5) is 0 Å². The number of halogens is 1. The van der Waals surface area contributed by atoms with E-state index in [0.29, 0.717) is 10.9 Å². The molecule has 1 saturated carbocycles. The average molecular weight is 309 g/mol. The van der Waals surface area contributed by atoms with Crippen LogP contribution < -0.4 is 4.74 Å². The van der Waals surface area contributed by atoms with Gasteiger partial charge in [0, 0.05) is 11.2 Å². The predicted octanol–water partition coefficient (Wildman–Crippen LogP) is 4.72. The van der Waals surface area contributed by atoms with Crippen LogP contribution >= 0.6 is 15.9 Å². The van der Waals surface area contributed by atoms with Gasteiger partial charge in [-0.3, -0.25) is 0 Å². The Morgan fingerprint density at radius 1 is 1.11 bits per heavy atom. The Hall–Kier alpha value is -0.500. The highest BCUT2D eigenvalue weighted by Gasteiger charge is 2.29. The first-order chi connectivity index (χ1) is 8.83. The molecule has 3 rings (SSSR count). The molecule has 1 aliphatic heterocycles. The molecular formula is C16H21BrO. The number of rotatable bonds is 2. The first-order valence-electron chi connectivity index (χ1n) is 7.21. The Morgan fingerprint density at radius 3 is 2.83 bits per heavy atom. The number of benzene rings is 1. The molecule has 3 unspecified atom stereocenters. The highest BCUT2D eigenvalue weighted by Crippen LogP contribution is 2.36. The molecule has 1 aromatic carbocycles. The van der Waals surface area contributed by atoms with Gasteiger partial charge in [0.15, 0.2) is 0 Å². The summed E-state index contributed by atoms with van der Waals surface area (Å²) < 4.78 is 6.08. The van der Waals surface area contributed by atoms with Crippen LogP contribution in [-0.2, 0) is 6.42 Å². The molecule has 1 nitrogen and oxygen atoms in total. The van der Waals surface area contributed by atoms with Gasteiger partial charge in [0.2, 0.25) is 0 Å². The number of hydrogen-bond acceptors (Lipinski definition) is 1. The van der Waals surface area contributed by atoms with E-state index in [0.717, 1.165) is 18.1 Å². The molecule has 0 N–H and O–H groups in total. The van der Waals surface area contributed by atoms with Crippen molar-refractivity contribution in [2.24, 2.45) is 5.92 Å². The maximum Gasteiger partial charge on any atom is 0.123 e. The summed E-state index contributed by atoms with van der Waals surface area (Å²) >= 11 is 3.89. The molecule has 0 spiro atoms. The third-order valence-corrected chi connectivity index (χ3v) is 5.55. The second-order valence-corrected chi connectivity index (χ2v) is 6.88. The van der Waals surface area contributed by atoms with Gasteiger partial charge in [0.1, 0.15) is 11.9 Å². The normalized spacial score (nSPS) is 31.5. The Bertz CT molecular complexity index is 379. The van der Waals surface area contributed by atoms with Crippen molar-refractivity contribution in [3.05, 3.63) is 29.8 Å². The molecule has 1 fully saturated rings. The van der Waals surface area contributed by atoms with Crippen molar-refractivity contribution in [3.63, 3.8) is 0 Å². The fourth-order valence-electron chi connectivity index (χ4n) is 3.33. The molecule has 1 heterocycles. The SMILES string of the molecule is BrC1CCCCCC1CC1Cc2ccccc2O1. The zero-order valence-electron chi connectivity index (χ0n) is 10.8. The van der Waals surface area contributed by atoms with E-state index in [1.165, 1.54) is 44.1 Å². The van der Waals surface area contributed by atoms with Crippen LogP contribution in [0.1, 0.15) is 44.1 Å². The summed E-state index contributed by atoms with van der Waals surface area (Å²) in [5.74, 6) is 1.91. The van der Waals surface area contributed by atoms with Crippen LogP contribution in [0.2, 0.25) is 0 Å². The smallest absolute Gasteiger partial charge is 0.123 e. The van der Waals surface area contributed by atoms with Crippen LogP contribution in [0.5, 0.6) is 5.75 Å². The molecule has 0 amide bonds. The fourth-order valence-corrected chi connectivity index (χ4v) is 4.13. The summed E-state index contributed by atoms with van der Waals surface area (Å²) in [4.78, 5) is 0.701. The van der Waals surface area contributed by atoms with E-state index in [4.69, 9.17) is 4.74 Å². The van der Waals surface area contributed by atoms with E-state index < -0.39 is 0 Å². The fraction of sp³-hybridized carbons (Fsp3) is 0.625. The maximum atomic E-state index is 6.08. The molecule has 0 saturated heterocycles. The first kappa shape index (κ1) is 12.5. The zero-order chi connectivity index (χ0) is 12.4. The van der Waals surface area contributed by atoms with Crippen LogP contribution in [0.25, 0.3) is 0 Å². The van der Waals surface area contributed by atoms with Gasteiger partial charge < -0.3 is 4.74 Å². The molecule has 2 aliphatic rings. The molecule has 0 bridgehead atoms. The average Bonchev–Trinajstić information content (AvgIpc) is 2.68. The lowest BCUT2D eigenvalue weighted by molar-refractivity contribution is 0.189. The van der Waals surface area contributed by atoms with Crippen LogP contribution in [0.3, 0.4) is 0 Å². The van der Waals surface area contributed by atoms with E-state index in [9.17, 15) is 0 Å². The van der Waals surface area contributed by atoms with Gasteiger partial charge in [-0.25, -0.2) is 0 Å². The highest BCUT2D eigenvalue weighted by molar-refractivity contribution is 9.09. The standard InChI is InChI=1S/C16H21BrO/c17-15-8-3-1-2-6-12(15)10-14-11-13-7-4-5-9-16(13)18-14/h4-5,7,9,12,14-15H,1-3,6,8,10-11H2. The zero-order valence-corrected chi connectivity index (χ0v) is 12.4. The number of alkyl halides is 1. The second-order valence-electron chi connectivity index (χ2n) is 5.70.